The number of piperazine rings is 1. The van der Waals surface area contributed by atoms with Crippen molar-refractivity contribution < 1.29 is 9.52 Å². The van der Waals surface area contributed by atoms with Gasteiger partial charge in [-0.1, -0.05) is 42.3 Å². The van der Waals surface area contributed by atoms with E-state index in [9.17, 15) is 5.11 Å². The summed E-state index contributed by atoms with van der Waals surface area (Å²) in [6, 6.07) is 9.41. The second-order valence-electron chi connectivity index (χ2n) is 9.13. The van der Waals surface area contributed by atoms with Crippen LogP contribution in [0.3, 0.4) is 0 Å². The maximum Gasteiger partial charge on any atom is 0.110 e. The molecule has 0 bridgehead atoms. The second kappa shape index (κ2) is 9.68. The van der Waals surface area contributed by atoms with E-state index in [4.69, 9.17) is 27.6 Å². The molecule has 1 aliphatic carbocycles. The number of halogens is 2. The van der Waals surface area contributed by atoms with Crippen LogP contribution in [0.1, 0.15) is 36.5 Å². The number of benzene rings is 1. The molecular formula is C25H32Cl2N2O2. The average Bonchev–Trinajstić information content (AvgIpc) is 3.25. The summed E-state index contributed by atoms with van der Waals surface area (Å²) in [5, 5.41) is 13.5. The third-order valence-electron chi connectivity index (χ3n) is 7.17. The maximum absolute atomic E-state index is 12.3. The summed E-state index contributed by atoms with van der Waals surface area (Å²) in [6.45, 7) is 9.44. The lowest BCUT2D eigenvalue weighted by molar-refractivity contribution is -0.00839. The van der Waals surface area contributed by atoms with Gasteiger partial charge in [0, 0.05) is 61.0 Å². The van der Waals surface area contributed by atoms with Crippen molar-refractivity contribution in [1.29, 1.82) is 0 Å². The molecule has 4 rings (SSSR count). The summed E-state index contributed by atoms with van der Waals surface area (Å²) < 4.78 is 5.75. The van der Waals surface area contributed by atoms with Crippen LogP contribution < -0.4 is 0 Å². The second-order valence-corrected chi connectivity index (χ2v) is 9.94. The minimum absolute atomic E-state index is 0.0150. The highest BCUT2D eigenvalue weighted by Gasteiger charge is 2.46. The fourth-order valence-electron chi connectivity index (χ4n) is 5.16. The Hall–Kier alpha value is -1.30. The van der Waals surface area contributed by atoms with Crippen LogP contribution in [0.4, 0.5) is 0 Å². The van der Waals surface area contributed by atoms with Gasteiger partial charge in [-0.15, -0.1) is 0 Å². The highest BCUT2D eigenvalue weighted by molar-refractivity contribution is 6.36. The first-order valence-corrected chi connectivity index (χ1v) is 11.9. The molecule has 6 heteroatoms. The zero-order valence-electron chi connectivity index (χ0n) is 18.2. The summed E-state index contributed by atoms with van der Waals surface area (Å²) in [5.74, 6) is 0.906. The van der Waals surface area contributed by atoms with E-state index in [2.05, 4.69) is 23.4 Å². The molecular weight excluding hydrogens is 431 g/mol. The molecule has 1 saturated heterocycles. The highest BCUT2D eigenvalue weighted by atomic mass is 35.5. The summed E-state index contributed by atoms with van der Waals surface area (Å²) in [5.41, 5.74) is 0.486. The van der Waals surface area contributed by atoms with Crippen molar-refractivity contribution >= 4 is 23.2 Å². The quantitative estimate of drug-likeness (QED) is 0.486. The number of hydrogen-bond acceptors (Lipinski definition) is 4. The van der Waals surface area contributed by atoms with E-state index in [-0.39, 0.29) is 11.8 Å². The van der Waals surface area contributed by atoms with Crippen LogP contribution in [-0.4, -0.2) is 60.3 Å². The van der Waals surface area contributed by atoms with E-state index in [1.807, 2.05) is 30.3 Å². The molecule has 2 heterocycles. The van der Waals surface area contributed by atoms with Gasteiger partial charge in [-0.2, -0.15) is 0 Å². The minimum Gasteiger partial charge on any atom is -0.469 e. The van der Waals surface area contributed by atoms with Gasteiger partial charge in [0.2, 0.25) is 0 Å². The summed E-state index contributed by atoms with van der Waals surface area (Å²) in [6.07, 6.45) is 4.92. The zero-order chi connectivity index (χ0) is 22.0. The zero-order valence-corrected chi connectivity index (χ0v) is 19.7. The fraction of sp³-hybridized carbons (Fsp3) is 0.520. The third kappa shape index (κ3) is 4.89. The predicted octanol–water partition coefficient (Wildman–Crippen LogP) is 5.25. The minimum atomic E-state index is -1.12. The molecule has 4 nitrogen and oxygen atoms in total. The standard InChI is InChI=1S/C25H32Cl2N2O2/c1-18-20(24-10-5-15-31-24)7-3-6-19(17-29-13-11-28(2)12-14-29)25(18,30)16-21-22(26)8-4-9-23(21)27/h4-5,8-10,15,19-20,30H,1,3,6-7,11-14,16-17H2,2H3. The molecule has 2 aliphatic rings. The van der Waals surface area contributed by atoms with Gasteiger partial charge < -0.3 is 19.3 Å². The molecule has 0 radical (unpaired) electrons. The van der Waals surface area contributed by atoms with Crippen LogP contribution in [0.25, 0.3) is 0 Å². The van der Waals surface area contributed by atoms with Crippen LogP contribution in [0.15, 0.2) is 53.2 Å². The number of hydrogen-bond donors (Lipinski definition) is 1. The van der Waals surface area contributed by atoms with Crippen LogP contribution in [0.2, 0.25) is 10.0 Å². The first-order chi connectivity index (χ1) is 14.9. The molecule has 1 N–H and O–H groups in total. The lowest BCUT2D eigenvalue weighted by Crippen LogP contribution is -2.51. The molecule has 2 fully saturated rings. The number of nitrogens with zero attached hydrogens (tertiary/aromatic N) is 2. The van der Waals surface area contributed by atoms with Crippen molar-refractivity contribution in [3.05, 3.63) is 70.1 Å². The van der Waals surface area contributed by atoms with Crippen LogP contribution >= 0.6 is 23.2 Å². The van der Waals surface area contributed by atoms with Gasteiger partial charge in [0.25, 0.3) is 0 Å². The molecule has 3 atom stereocenters. The monoisotopic (exact) mass is 462 g/mol. The molecule has 1 aliphatic heterocycles. The Kier molecular flexibility index (Phi) is 7.14. The van der Waals surface area contributed by atoms with Crippen molar-refractivity contribution in [3.63, 3.8) is 0 Å². The van der Waals surface area contributed by atoms with Crippen molar-refractivity contribution in [1.82, 2.24) is 9.80 Å². The van der Waals surface area contributed by atoms with Crippen LogP contribution in [0.5, 0.6) is 0 Å². The Bertz CT molecular complexity index is 873. The van der Waals surface area contributed by atoms with Gasteiger partial charge in [0.15, 0.2) is 0 Å². The van der Waals surface area contributed by atoms with Crippen molar-refractivity contribution in [2.24, 2.45) is 5.92 Å². The molecule has 31 heavy (non-hydrogen) atoms. The van der Waals surface area contributed by atoms with Crippen molar-refractivity contribution in [2.75, 3.05) is 39.8 Å². The van der Waals surface area contributed by atoms with Crippen LogP contribution in [0, 0.1) is 5.92 Å². The largest absolute Gasteiger partial charge is 0.469 e. The first-order valence-electron chi connectivity index (χ1n) is 11.2. The summed E-state index contributed by atoms with van der Waals surface area (Å²) in [4.78, 5) is 4.83. The molecule has 1 saturated carbocycles. The van der Waals surface area contributed by atoms with Gasteiger partial charge in [-0.3, -0.25) is 0 Å². The molecule has 1 aromatic carbocycles. The number of aliphatic hydroxyl groups is 1. The Morgan fingerprint density at radius 3 is 2.45 bits per heavy atom. The van der Waals surface area contributed by atoms with E-state index < -0.39 is 5.60 Å². The molecule has 168 valence electrons. The van der Waals surface area contributed by atoms with Gasteiger partial charge in [0.1, 0.15) is 5.76 Å². The Morgan fingerprint density at radius 1 is 1.10 bits per heavy atom. The molecule has 0 spiro atoms. The van der Waals surface area contributed by atoms with E-state index >= 15 is 0 Å². The van der Waals surface area contributed by atoms with Crippen LogP contribution in [-0.2, 0) is 6.42 Å². The SMILES string of the molecule is C=C1C(c2ccco2)CCCC(CN2CCN(C)CC2)C1(O)Cc1c(Cl)cccc1Cl. The van der Waals surface area contributed by atoms with Gasteiger partial charge >= 0.3 is 0 Å². The number of furan rings is 1. The Labute approximate surface area is 195 Å². The highest BCUT2D eigenvalue weighted by Crippen LogP contribution is 2.47. The normalized spacial score (nSPS) is 28.6. The third-order valence-corrected chi connectivity index (χ3v) is 7.87. The van der Waals surface area contributed by atoms with Crippen molar-refractivity contribution in [3.8, 4) is 0 Å². The van der Waals surface area contributed by atoms with Gasteiger partial charge in [-0.05, 0) is 55.3 Å². The van der Waals surface area contributed by atoms with Crippen molar-refractivity contribution in [2.45, 2.75) is 37.2 Å². The molecule has 2 aromatic rings. The fourth-order valence-corrected chi connectivity index (χ4v) is 5.69. The lowest BCUT2D eigenvalue weighted by atomic mass is 9.73. The average molecular weight is 463 g/mol. The Balaban J connectivity index is 1.67. The molecule has 3 unspecified atom stereocenters. The lowest BCUT2D eigenvalue weighted by Gasteiger charge is -2.42. The number of likely N-dealkylation sites (N-methyl/N-ethyl adjacent to an activating group) is 1. The number of rotatable bonds is 5. The van der Waals surface area contributed by atoms with E-state index in [0.717, 1.165) is 68.9 Å². The van der Waals surface area contributed by atoms with E-state index in [1.54, 1.807) is 6.26 Å². The van der Waals surface area contributed by atoms with E-state index in [1.165, 1.54) is 0 Å². The predicted molar refractivity (Wildman–Crippen MR) is 127 cm³/mol. The summed E-state index contributed by atoms with van der Waals surface area (Å²) in [7, 11) is 2.16. The maximum atomic E-state index is 12.3. The molecule has 1 aromatic heterocycles. The smallest absolute Gasteiger partial charge is 0.110 e. The van der Waals surface area contributed by atoms with E-state index in [0.29, 0.717) is 16.5 Å². The van der Waals surface area contributed by atoms with Gasteiger partial charge in [-0.25, -0.2) is 0 Å². The van der Waals surface area contributed by atoms with Gasteiger partial charge in [0.05, 0.1) is 11.9 Å². The molecule has 0 amide bonds. The topological polar surface area (TPSA) is 39.9 Å². The Morgan fingerprint density at radius 2 is 1.81 bits per heavy atom. The summed E-state index contributed by atoms with van der Waals surface area (Å²) >= 11 is 13.1. The first kappa shape index (κ1) is 22.9.